The standard InChI is InChI=1S/C29H36O6/c1-9-15-32-25-17-21(34-27(30)19(3)4)11-13-23(25)29(7,8)24-14-12-22(35-28(31)20(5)6)18-26(24)33-16-10-2/h11-14,17-18H,3,5,9-10,15-16H2,1-2,4,6-8H3. The van der Waals surface area contributed by atoms with Crippen LogP contribution in [0.15, 0.2) is 60.7 Å². The topological polar surface area (TPSA) is 71.1 Å². The first kappa shape index (κ1) is 27.7. The van der Waals surface area contributed by atoms with Gasteiger partial charge in [0.15, 0.2) is 0 Å². The van der Waals surface area contributed by atoms with Gasteiger partial charge < -0.3 is 18.9 Å². The highest BCUT2D eigenvalue weighted by atomic mass is 16.5. The zero-order chi connectivity index (χ0) is 26.2. The molecular weight excluding hydrogens is 444 g/mol. The van der Waals surface area contributed by atoms with Crippen molar-refractivity contribution in [3.63, 3.8) is 0 Å². The predicted molar refractivity (Wildman–Crippen MR) is 137 cm³/mol. The van der Waals surface area contributed by atoms with Gasteiger partial charge in [0.1, 0.15) is 23.0 Å². The lowest BCUT2D eigenvalue weighted by atomic mass is 9.77. The van der Waals surface area contributed by atoms with E-state index in [-0.39, 0.29) is 0 Å². The van der Waals surface area contributed by atoms with Crippen LogP contribution in [0.4, 0.5) is 0 Å². The molecule has 2 rings (SSSR count). The van der Waals surface area contributed by atoms with Gasteiger partial charge in [-0.15, -0.1) is 0 Å². The minimum absolute atomic E-state index is 0.315. The van der Waals surface area contributed by atoms with Crippen molar-refractivity contribution in [2.45, 2.75) is 59.8 Å². The van der Waals surface area contributed by atoms with E-state index in [0.29, 0.717) is 47.4 Å². The van der Waals surface area contributed by atoms with Crippen LogP contribution in [0.25, 0.3) is 0 Å². The summed E-state index contributed by atoms with van der Waals surface area (Å²) >= 11 is 0. The fourth-order valence-electron chi connectivity index (χ4n) is 3.36. The number of rotatable bonds is 12. The largest absolute Gasteiger partial charge is 0.493 e. The first-order chi connectivity index (χ1) is 16.5. The lowest BCUT2D eigenvalue weighted by Gasteiger charge is -2.30. The summed E-state index contributed by atoms with van der Waals surface area (Å²) in [5, 5.41) is 0. The summed E-state index contributed by atoms with van der Waals surface area (Å²) in [6.07, 6.45) is 1.65. The molecule has 0 atom stereocenters. The Bertz CT molecular complexity index is 1010. The summed E-state index contributed by atoms with van der Waals surface area (Å²) in [7, 11) is 0. The van der Waals surface area contributed by atoms with E-state index in [1.54, 1.807) is 38.1 Å². The van der Waals surface area contributed by atoms with Crippen LogP contribution in [0.2, 0.25) is 0 Å². The van der Waals surface area contributed by atoms with E-state index in [4.69, 9.17) is 18.9 Å². The summed E-state index contributed by atoms with van der Waals surface area (Å²) < 4.78 is 23.0. The van der Waals surface area contributed by atoms with Gasteiger partial charge in [-0.25, -0.2) is 9.59 Å². The van der Waals surface area contributed by atoms with E-state index < -0.39 is 17.4 Å². The zero-order valence-corrected chi connectivity index (χ0v) is 21.7. The molecule has 0 bridgehead atoms. The number of benzene rings is 2. The SMILES string of the molecule is C=C(C)C(=O)Oc1ccc(C(C)(C)c2ccc(OC(=O)C(=C)C)cc2OCCC)c(OCCC)c1. The molecule has 0 aromatic heterocycles. The number of ether oxygens (including phenoxy) is 4. The molecule has 35 heavy (non-hydrogen) atoms. The van der Waals surface area contributed by atoms with Crippen molar-refractivity contribution in [1.82, 2.24) is 0 Å². The molecule has 0 saturated carbocycles. The van der Waals surface area contributed by atoms with Gasteiger partial charge in [-0.1, -0.05) is 53.0 Å². The summed E-state index contributed by atoms with van der Waals surface area (Å²) in [5.41, 5.74) is 1.87. The van der Waals surface area contributed by atoms with Crippen LogP contribution in [0.3, 0.4) is 0 Å². The van der Waals surface area contributed by atoms with Gasteiger partial charge >= 0.3 is 11.9 Å². The Balaban J connectivity index is 2.54. The number of hydrogen-bond acceptors (Lipinski definition) is 6. The van der Waals surface area contributed by atoms with Gasteiger partial charge in [-0.2, -0.15) is 0 Å². The Labute approximate surface area is 208 Å². The minimum Gasteiger partial charge on any atom is -0.493 e. The summed E-state index contributed by atoms with van der Waals surface area (Å²) in [4.78, 5) is 24.0. The van der Waals surface area contributed by atoms with E-state index in [2.05, 4.69) is 27.0 Å². The quantitative estimate of drug-likeness (QED) is 0.195. The lowest BCUT2D eigenvalue weighted by Crippen LogP contribution is -2.22. The maximum absolute atomic E-state index is 12.0. The minimum atomic E-state index is -0.556. The Hall–Kier alpha value is -3.54. The van der Waals surface area contributed by atoms with E-state index in [1.807, 2.05) is 26.0 Å². The second kappa shape index (κ2) is 12.2. The van der Waals surface area contributed by atoms with E-state index in [0.717, 1.165) is 24.0 Å². The van der Waals surface area contributed by atoms with Gasteiger partial charge in [0, 0.05) is 39.8 Å². The molecule has 0 aliphatic rings. The number of carbonyl (C=O) groups is 2. The van der Waals surface area contributed by atoms with Gasteiger partial charge in [0.05, 0.1) is 13.2 Å². The van der Waals surface area contributed by atoms with Crippen molar-refractivity contribution in [2.24, 2.45) is 0 Å². The third-order valence-corrected chi connectivity index (χ3v) is 5.29. The summed E-state index contributed by atoms with van der Waals surface area (Å²) in [6, 6.07) is 10.7. The molecule has 2 aromatic carbocycles. The molecule has 0 spiro atoms. The number of carbonyl (C=O) groups excluding carboxylic acids is 2. The van der Waals surface area contributed by atoms with Crippen molar-refractivity contribution in [1.29, 1.82) is 0 Å². The molecule has 0 saturated heterocycles. The maximum Gasteiger partial charge on any atom is 0.338 e. The molecule has 0 heterocycles. The first-order valence-corrected chi connectivity index (χ1v) is 11.8. The average Bonchev–Trinajstić information content (AvgIpc) is 2.81. The van der Waals surface area contributed by atoms with Gasteiger partial charge in [-0.05, 0) is 38.8 Å². The maximum atomic E-state index is 12.0. The van der Waals surface area contributed by atoms with Crippen LogP contribution >= 0.6 is 0 Å². The normalized spacial score (nSPS) is 10.9. The molecule has 188 valence electrons. The van der Waals surface area contributed by atoms with Crippen molar-refractivity contribution < 1.29 is 28.5 Å². The van der Waals surface area contributed by atoms with Crippen LogP contribution in [-0.4, -0.2) is 25.2 Å². The van der Waals surface area contributed by atoms with Crippen LogP contribution in [0, 0.1) is 0 Å². The Morgan fingerprint density at radius 1 is 0.743 bits per heavy atom. The Kier molecular flexibility index (Phi) is 9.69. The predicted octanol–water partition coefficient (Wildman–Crippen LogP) is 6.55. The fourth-order valence-corrected chi connectivity index (χ4v) is 3.36. The van der Waals surface area contributed by atoms with Gasteiger partial charge in [0.2, 0.25) is 0 Å². The van der Waals surface area contributed by atoms with Crippen molar-refractivity contribution >= 4 is 11.9 Å². The van der Waals surface area contributed by atoms with Gasteiger partial charge in [0.25, 0.3) is 0 Å². The van der Waals surface area contributed by atoms with E-state index in [9.17, 15) is 9.59 Å². The summed E-state index contributed by atoms with van der Waals surface area (Å²) in [6.45, 7) is 19.7. The number of hydrogen-bond donors (Lipinski definition) is 0. The third-order valence-electron chi connectivity index (χ3n) is 5.29. The zero-order valence-electron chi connectivity index (χ0n) is 21.7. The van der Waals surface area contributed by atoms with Gasteiger partial charge in [-0.3, -0.25) is 0 Å². The van der Waals surface area contributed by atoms with Crippen molar-refractivity contribution in [3.05, 3.63) is 71.8 Å². The van der Waals surface area contributed by atoms with Crippen LogP contribution in [0.5, 0.6) is 23.0 Å². The van der Waals surface area contributed by atoms with E-state index >= 15 is 0 Å². The molecule has 6 heteroatoms. The first-order valence-electron chi connectivity index (χ1n) is 11.8. The Morgan fingerprint density at radius 3 is 1.43 bits per heavy atom. The highest BCUT2D eigenvalue weighted by Crippen LogP contribution is 2.44. The Morgan fingerprint density at radius 2 is 1.11 bits per heavy atom. The number of esters is 2. The van der Waals surface area contributed by atoms with Crippen LogP contribution in [-0.2, 0) is 15.0 Å². The molecule has 0 N–H and O–H groups in total. The smallest absolute Gasteiger partial charge is 0.338 e. The molecule has 0 aliphatic heterocycles. The third kappa shape index (κ3) is 7.22. The fraction of sp³-hybridized carbons (Fsp3) is 0.379. The lowest BCUT2D eigenvalue weighted by molar-refractivity contribution is -0.130. The highest BCUT2D eigenvalue weighted by Gasteiger charge is 2.31. The second-order valence-electron chi connectivity index (χ2n) is 8.98. The molecule has 0 radical (unpaired) electrons. The molecule has 0 aliphatic carbocycles. The molecule has 0 amide bonds. The average molecular weight is 481 g/mol. The van der Waals surface area contributed by atoms with E-state index in [1.165, 1.54) is 0 Å². The van der Waals surface area contributed by atoms with Crippen LogP contribution in [0.1, 0.15) is 65.5 Å². The summed E-state index contributed by atoms with van der Waals surface area (Å²) in [5.74, 6) is 1.01. The molecule has 2 aromatic rings. The highest BCUT2D eigenvalue weighted by molar-refractivity contribution is 5.89. The van der Waals surface area contributed by atoms with Crippen molar-refractivity contribution in [3.8, 4) is 23.0 Å². The van der Waals surface area contributed by atoms with Crippen LogP contribution < -0.4 is 18.9 Å². The molecule has 6 nitrogen and oxygen atoms in total. The second-order valence-corrected chi connectivity index (χ2v) is 8.98. The van der Waals surface area contributed by atoms with Crippen molar-refractivity contribution in [2.75, 3.05) is 13.2 Å². The molecule has 0 fully saturated rings. The molecular formula is C29H36O6. The molecule has 0 unspecified atom stereocenters. The monoisotopic (exact) mass is 480 g/mol.